The lowest BCUT2D eigenvalue weighted by molar-refractivity contribution is -0.121. The number of hydrogen-bond acceptors (Lipinski definition) is 2. The molecule has 0 spiro atoms. The number of benzene rings is 1. The fourth-order valence-electron chi connectivity index (χ4n) is 2.12. The smallest absolute Gasteiger partial charge is 0.265 e. The van der Waals surface area contributed by atoms with E-state index in [1.165, 1.54) is 19.3 Å². The van der Waals surface area contributed by atoms with Crippen LogP contribution < -0.4 is 9.64 Å². The second kappa shape index (κ2) is 6.41. The Morgan fingerprint density at radius 3 is 2.94 bits per heavy atom. The molecule has 3 nitrogen and oxygen atoms in total. The first kappa shape index (κ1) is 13.6. The van der Waals surface area contributed by atoms with Crippen LogP contribution in [0, 0.1) is 3.57 Å². The van der Waals surface area contributed by atoms with Gasteiger partial charge in [0.15, 0.2) is 6.61 Å². The molecule has 1 aliphatic heterocycles. The van der Waals surface area contributed by atoms with Crippen molar-refractivity contribution in [3.05, 3.63) is 21.8 Å². The average molecular weight is 359 g/mol. The third-order valence-electron chi connectivity index (χ3n) is 3.10. The molecule has 0 atom stereocenters. The number of fused-ring (bicyclic) bond motifs is 1. The third kappa shape index (κ3) is 3.16. The van der Waals surface area contributed by atoms with Crippen molar-refractivity contribution in [3.63, 3.8) is 0 Å². The zero-order valence-corrected chi connectivity index (χ0v) is 12.8. The Hall–Kier alpha value is -0.780. The molecule has 0 saturated heterocycles. The number of anilines is 1. The topological polar surface area (TPSA) is 29.5 Å². The van der Waals surface area contributed by atoms with Crippen LogP contribution in [0.25, 0.3) is 0 Å². The van der Waals surface area contributed by atoms with Gasteiger partial charge in [-0.25, -0.2) is 0 Å². The highest BCUT2D eigenvalue weighted by Crippen LogP contribution is 2.33. The molecular weight excluding hydrogens is 341 g/mol. The number of rotatable bonds is 5. The summed E-state index contributed by atoms with van der Waals surface area (Å²) in [5, 5.41) is 0. The highest BCUT2D eigenvalue weighted by atomic mass is 127. The second-order valence-corrected chi connectivity index (χ2v) is 5.75. The molecule has 98 valence electrons. The lowest BCUT2D eigenvalue weighted by Gasteiger charge is -2.29. The monoisotopic (exact) mass is 359 g/mol. The minimum atomic E-state index is 0.0696. The Morgan fingerprint density at radius 2 is 2.17 bits per heavy atom. The van der Waals surface area contributed by atoms with E-state index >= 15 is 0 Å². The van der Waals surface area contributed by atoms with Gasteiger partial charge in [-0.1, -0.05) is 26.2 Å². The summed E-state index contributed by atoms with van der Waals surface area (Å²) >= 11 is 2.25. The van der Waals surface area contributed by atoms with E-state index < -0.39 is 0 Å². The number of ether oxygens (including phenoxy) is 1. The molecule has 2 rings (SSSR count). The molecule has 1 aliphatic rings. The molecule has 0 bridgehead atoms. The van der Waals surface area contributed by atoms with Crippen molar-refractivity contribution < 1.29 is 9.53 Å². The first-order valence-electron chi connectivity index (χ1n) is 6.45. The van der Waals surface area contributed by atoms with Gasteiger partial charge in [-0.2, -0.15) is 0 Å². The molecule has 1 aromatic carbocycles. The summed E-state index contributed by atoms with van der Waals surface area (Å²) in [6.45, 7) is 3.16. The van der Waals surface area contributed by atoms with Crippen molar-refractivity contribution in [1.82, 2.24) is 0 Å². The van der Waals surface area contributed by atoms with Crippen LogP contribution in [0.15, 0.2) is 18.2 Å². The number of nitrogens with zero attached hydrogens (tertiary/aromatic N) is 1. The molecule has 0 fully saturated rings. The van der Waals surface area contributed by atoms with Crippen molar-refractivity contribution >= 4 is 34.2 Å². The Kier molecular flexibility index (Phi) is 4.86. The summed E-state index contributed by atoms with van der Waals surface area (Å²) in [4.78, 5) is 13.8. The summed E-state index contributed by atoms with van der Waals surface area (Å²) in [5.41, 5.74) is 0.920. The van der Waals surface area contributed by atoms with Gasteiger partial charge in [0.1, 0.15) is 5.75 Å². The summed E-state index contributed by atoms with van der Waals surface area (Å²) in [5.74, 6) is 0.900. The predicted octanol–water partition coefficient (Wildman–Crippen LogP) is 3.60. The van der Waals surface area contributed by atoms with Crippen LogP contribution >= 0.6 is 22.6 Å². The number of carbonyl (C=O) groups excluding carboxylic acids is 1. The van der Waals surface area contributed by atoms with E-state index in [1.54, 1.807) is 0 Å². The first-order valence-corrected chi connectivity index (χ1v) is 7.53. The minimum Gasteiger partial charge on any atom is -0.482 e. The largest absolute Gasteiger partial charge is 0.482 e. The normalized spacial score (nSPS) is 14.3. The molecule has 4 heteroatoms. The summed E-state index contributed by atoms with van der Waals surface area (Å²) in [7, 11) is 0. The zero-order chi connectivity index (χ0) is 13.0. The maximum Gasteiger partial charge on any atom is 0.265 e. The molecule has 0 N–H and O–H groups in total. The van der Waals surface area contributed by atoms with Gasteiger partial charge in [-0.05, 0) is 47.2 Å². The van der Waals surface area contributed by atoms with Crippen LogP contribution in [0.5, 0.6) is 5.75 Å². The number of amides is 1. The molecule has 1 aromatic rings. The minimum absolute atomic E-state index is 0.0696. The van der Waals surface area contributed by atoms with Crippen LogP contribution in [-0.4, -0.2) is 19.1 Å². The fourth-order valence-corrected chi connectivity index (χ4v) is 2.58. The van der Waals surface area contributed by atoms with Gasteiger partial charge >= 0.3 is 0 Å². The number of halogens is 1. The highest BCUT2D eigenvalue weighted by molar-refractivity contribution is 14.1. The first-order chi connectivity index (χ1) is 8.72. The van der Waals surface area contributed by atoms with E-state index in [0.29, 0.717) is 0 Å². The van der Waals surface area contributed by atoms with Crippen molar-refractivity contribution in [2.45, 2.75) is 32.6 Å². The van der Waals surface area contributed by atoms with Gasteiger partial charge in [0, 0.05) is 10.1 Å². The van der Waals surface area contributed by atoms with Gasteiger partial charge in [0.25, 0.3) is 5.91 Å². The Balaban J connectivity index is 2.08. The number of unbranched alkanes of at least 4 members (excludes halogenated alkanes) is 3. The molecule has 18 heavy (non-hydrogen) atoms. The maximum atomic E-state index is 11.9. The van der Waals surface area contributed by atoms with E-state index in [4.69, 9.17) is 4.74 Å². The standard InChI is InChI=1S/C14H18INO2/c1-2-3-4-5-8-16-12-7-6-11(15)9-13(12)18-10-14(16)17/h6-7,9H,2-5,8,10H2,1H3. The van der Waals surface area contributed by atoms with Gasteiger partial charge in [-0.3, -0.25) is 4.79 Å². The van der Waals surface area contributed by atoms with Crippen LogP contribution in [0.2, 0.25) is 0 Å². The highest BCUT2D eigenvalue weighted by Gasteiger charge is 2.24. The number of hydrogen-bond donors (Lipinski definition) is 0. The zero-order valence-electron chi connectivity index (χ0n) is 10.6. The molecular formula is C14H18INO2. The van der Waals surface area contributed by atoms with E-state index in [2.05, 4.69) is 29.5 Å². The molecule has 1 amide bonds. The fraction of sp³-hybridized carbons (Fsp3) is 0.500. The second-order valence-electron chi connectivity index (χ2n) is 4.51. The lowest BCUT2D eigenvalue weighted by atomic mass is 10.1. The van der Waals surface area contributed by atoms with Crippen LogP contribution in [0.1, 0.15) is 32.6 Å². The van der Waals surface area contributed by atoms with Crippen LogP contribution in [-0.2, 0) is 4.79 Å². The van der Waals surface area contributed by atoms with Crippen molar-refractivity contribution in [2.75, 3.05) is 18.1 Å². The molecule has 0 saturated carbocycles. The third-order valence-corrected chi connectivity index (χ3v) is 3.77. The van der Waals surface area contributed by atoms with Crippen LogP contribution in [0.4, 0.5) is 5.69 Å². The van der Waals surface area contributed by atoms with Gasteiger partial charge in [0.2, 0.25) is 0 Å². The van der Waals surface area contributed by atoms with Crippen molar-refractivity contribution in [2.24, 2.45) is 0 Å². The van der Waals surface area contributed by atoms with Crippen LogP contribution in [0.3, 0.4) is 0 Å². The lowest BCUT2D eigenvalue weighted by Crippen LogP contribution is -2.39. The SMILES string of the molecule is CCCCCCN1C(=O)COc2cc(I)ccc21. The van der Waals surface area contributed by atoms with E-state index in [-0.39, 0.29) is 12.5 Å². The molecule has 0 aliphatic carbocycles. The van der Waals surface area contributed by atoms with Crippen molar-refractivity contribution in [3.8, 4) is 5.75 Å². The molecule has 0 unspecified atom stereocenters. The number of carbonyl (C=O) groups is 1. The average Bonchev–Trinajstić information content (AvgIpc) is 2.37. The quantitative estimate of drug-likeness (QED) is 0.594. The van der Waals surface area contributed by atoms with Gasteiger partial charge in [0.05, 0.1) is 5.69 Å². The van der Waals surface area contributed by atoms with Gasteiger partial charge < -0.3 is 9.64 Å². The Labute approximate surface area is 122 Å². The predicted molar refractivity (Wildman–Crippen MR) is 81.1 cm³/mol. The summed E-state index contributed by atoms with van der Waals surface area (Å²) in [6, 6.07) is 5.98. The van der Waals surface area contributed by atoms with E-state index in [9.17, 15) is 4.79 Å². The molecule has 1 heterocycles. The molecule has 0 radical (unpaired) electrons. The summed E-state index contributed by atoms with van der Waals surface area (Å²) in [6.07, 6.45) is 4.69. The van der Waals surface area contributed by atoms with E-state index in [0.717, 1.165) is 28.0 Å². The molecule has 0 aromatic heterocycles. The Bertz CT molecular complexity index is 434. The Morgan fingerprint density at radius 1 is 1.33 bits per heavy atom. The maximum absolute atomic E-state index is 11.9. The van der Waals surface area contributed by atoms with Crippen molar-refractivity contribution in [1.29, 1.82) is 0 Å². The van der Waals surface area contributed by atoms with Gasteiger partial charge in [-0.15, -0.1) is 0 Å². The summed E-state index contributed by atoms with van der Waals surface area (Å²) < 4.78 is 6.61. The van der Waals surface area contributed by atoms with E-state index in [1.807, 2.05) is 23.1 Å².